The molecular formula is C9H12F4N2O. The summed E-state index contributed by atoms with van der Waals surface area (Å²) in [6, 6.07) is 0. The second-order valence-corrected chi connectivity index (χ2v) is 3.41. The van der Waals surface area contributed by atoms with Crippen molar-refractivity contribution in [3.8, 4) is 0 Å². The molecule has 1 heterocycles. The molecule has 92 valence electrons. The first-order valence-corrected chi connectivity index (χ1v) is 4.62. The highest BCUT2D eigenvalue weighted by Crippen LogP contribution is 2.21. The Balaban J connectivity index is 2.41. The fourth-order valence-electron chi connectivity index (χ4n) is 1.03. The highest BCUT2D eigenvalue weighted by atomic mass is 19.3. The van der Waals surface area contributed by atoms with Gasteiger partial charge in [-0.05, 0) is 13.8 Å². The number of hydrogen-bond acceptors (Lipinski definition) is 3. The third-order valence-corrected chi connectivity index (χ3v) is 2.03. The van der Waals surface area contributed by atoms with Gasteiger partial charge in [-0.25, -0.2) is 13.8 Å². The van der Waals surface area contributed by atoms with E-state index in [1.54, 1.807) is 13.8 Å². The lowest BCUT2D eigenvalue weighted by molar-refractivity contribution is -0.125. The molecular weight excluding hydrogens is 228 g/mol. The minimum atomic E-state index is -4.03. The van der Waals surface area contributed by atoms with Crippen molar-refractivity contribution in [1.29, 1.82) is 0 Å². The molecule has 0 amide bonds. The Bertz CT molecular complexity index is 332. The lowest BCUT2D eigenvalue weighted by Gasteiger charge is -2.14. The van der Waals surface area contributed by atoms with Crippen molar-refractivity contribution in [2.75, 3.05) is 6.54 Å². The predicted molar refractivity (Wildman–Crippen MR) is 48.6 cm³/mol. The van der Waals surface area contributed by atoms with Crippen LogP contribution in [-0.4, -0.2) is 23.9 Å². The number of oxazole rings is 1. The van der Waals surface area contributed by atoms with Crippen LogP contribution in [0, 0.1) is 13.8 Å². The Morgan fingerprint density at radius 2 is 2.00 bits per heavy atom. The molecule has 0 fully saturated rings. The molecule has 0 saturated carbocycles. The van der Waals surface area contributed by atoms with E-state index in [1.807, 2.05) is 0 Å². The summed E-state index contributed by atoms with van der Waals surface area (Å²) in [7, 11) is 0. The number of hydrogen-bond donors (Lipinski definition) is 1. The smallest absolute Gasteiger partial charge is 0.319 e. The number of aryl methyl sites for hydroxylation is 2. The summed E-state index contributed by atoms with van der Waals surface area (Å²) in [6.07, 6.45) is -3.67. The minimum absolute atomic E-state index is 0.100. The fourth-order valence-corrected chi connectivity index (χ4v) is 1.03. The van der Waals surface area contributed by atoms with Crippen LogP contribution in [-0.2, 0) is 6.54 Å². The summed E-state index contributed by atoms with van der Waals surface area (Å²) < 4.78 is 53.6. The Labute approximate surface area is 89.8 Å². The molecule has 1 aromatic heterocycles. The number of halogens is 4. The van der Waals surface area contributed by atoms with Crippen molar-refractivity contribution in [2.45, 2.75) is 32.7 Å². The van der Waals surface area contributed by atoms with Crippen molar-refractivity contribution < 1.29 is 22.0 Å². The normalized spacial score (nSPS) is 12.4. The predicted octanol–water partition coefficient (Wildman–Crippen LogP) is 2.28. The van der Waals surface area contributed by atoms with E-state index in [1.165, 1.54) is 0 Å². The van der Waals surface area contributed by atoms with Gasteiger partial charge in [0.2, 0.25) is 5.89 Å². The van der Waals surface area contributed by atoms with E-state index in [4.69, 9.17) is 4.42 Å². The molecule has 16 heavy (non-hydrogen) atoms. The molecule has 0 aliphatic rings. The lowest BCUT2D eigenvalue weighted by atomic mass is 10.3. The molecule has 0 atom stereocenters. The number of rotatable bonds is 5. The van der Waals surface area contributed by atoms with Crippen molar-refractivity contribution in [2.24, 2.45) is 0 Å². The molecule has 7 heteroatoms. The molecule has 0 aromatic carbocycles. The summed E-state index contributed by atoms with van der Waals surface area (Å²) in [5.74, 6) is -3.24. The van der Waals surface area contributed by atoms with Gasteiger partial charge in [0.25, 0.3) is 0 Å². The Morgan fingerprint density at radius 3 is 2.44 bits per heavy atom. The average Bonchev–Trinajstić information content (AvgIpc) is 2.45. The first kappa shape index (κ1) is 13.0. The summed E-state index contributed by atoms with van der Waals surface area (Å²) >= 11 is 0. The molecule has 0 bridgehead atoms. The zero-order valence-corrected chi connectivity index (χ0v) is 8.86. The van der Waals surface area contributed by atoms with Gasteiger partial charge < -0.3 is 9.73 Å². The second kappa shape index (κ2) is 4.82. The standard InChI is InChI=1S/C9H12F4N2O/c1-5-6(2)16-7(15-5)3-14-4-9(12,13)8(10)11/h8,14H,3-4H2,1-2H3. The van der Waals surface area contributed by atoms with E-state index in [9.17, 15) is 17.6 Å². The highest BCUT2D eigenvalue weighted by Gasteiger charge is 2.40. The number of alkyl halides is 4. The van der Waals surface area contributed by atoms with Gasteiger partial charge in [0.15, 0.2) is 0 Å². The maximum absolute atomic E-state index is 12.5. The molecule has 0 spiro atoms. The van der Waals surface area contributed by atoms with Crippen LogP contribution in [0.25, 0.3) is 0 Å². The topological polar surface area (TPSA) is 38.1 Å². The lowest BCUT2D eigenvalue weighted by Crippen LogP contribution is -2.38. The van der Waals surface area contributed by atoms with Gasteiger partial charge in [0.05, 0.1) is 18.8 Å². The molecule has 0 radical (unpaired) electrons. The van der Waals surface area contributed by atoms with Gasteiger partial charge in [-0.1, -0.05) is 0 Å². The van der Waals surface area contributed by atoms with Crippen LogP contribution in [0.4, 0.5) is 17.6 Å². The van der Waals surface area contributed by atoms with Gasteiger partial charge >= 0.3 is 12.3 Å². The largest absolute Gasteiger partial charge is 0.444 e. The van der Waals surface area contributed by atoms with Gasteiger partial charge in [0, 0.05) is 0 Å². The van der Waals surface area contributed by atoms with E-state index in [-0.39, 0.29) is 12.4 Å². The summed E-state index contributed by atoms with van der Waals surface area (Å²) in [4.78, 5) is 3.91. The van der Waals surface area contributed by atoms with Crippen LogP contribution in [0.15, 0.2) is 4.42 Å². The maximum Gasteiger partial charge on any atom is 0.319 e. The van der Waals surface area contributed by atoms with Gasteiger partial charge in [-0.2, -0.15) is 8.78 Å². The monoisotopic (exact) mass is 240 g/mol. The average molecular weight is 240 g/mol. The first-order chi connectivity index (χ1) is 7.33. The molecule has 0 saturated heterocycles. The van der Waals surface area contributed by atoms with Gasteiger partial charge in [0.1, 0.15) is 5.76 Å². The van der Waals surface area contributed by atoms with Crippen LogP contribution in [0.3, 0.4) is 0 Å². The Hall–Kier alpha value is -1.11. The number of aromatic nitrogens is 1. The molecule has 3 nitrogen and oxygen atoms in total. The third kappa shape index (κ3) is 3.19. The SMILES string of the molecule is Cc1nc(CNCC(F)(F)C(F)F)oc1C. The molecule has 0 aliphatic heterocycles. The van der Waals surface area contributed by atoms with Crippen LogP contribution in [0.5, 0.6) is 0 Å². The third-order valence-electron chi connectivity index (χ3n) is 2.03. The summed E-state index contributed by atoms with van der Waals surface area (Å²) in [5.41, 5.74) is 0.650. The van der Waals surface area contributed by atoms with Crippen LogP contribution < -0.4 is 5.32 Å². The van der Waals surface area contributed by atoms with Crippen molar-refractivity contribution in [1.82, 2.24) is 10.3 Å². The first-order valence-electron chi connectivity index (χ1n) is 4.62. The zero-order valence-electron chi connectivity index (χ0n) is 8.86. The number of nitrogens with one attached hydrogen (secondary N) is 1. The summed E-state index contributed by atoms with van der Waals surface area (Å²) in [5, 5.41) is 2.18. The Morgan fingerprint density at radius 1 is 1.38 bits per heavy atom. The van der Waals surface area contributed by atoms with Gasteiger partial charge in [-0.15, -0.1) is 0 Å². The van der Waals surface area contributed by atoms with Crippen LogP contribution in [0.2, 0.25) is 0 Å². The fraction of sp³-hybridized carbons (Fsp3) is 0.667. The Kier molecular flexibility index (Phi) is 3.90. The number of nitrogens with zero attached hydrogens (tertiary/aromatic N) is 1. The van der Waals surface area contributed by atoms with E-state index in [0.717, 1.165) is 0 Å². The van der Waals surface area contributed by atoms with Crippen molar-refractivity contribution >= 4 is 0 Å². The van der Waals surface area contributed by atoms with Crippen LogP contribution in [0.1, 0.15) is 17.3 Å². The highest BCUT2D eigenvalue weighted by molar-refractivity contribution is 5.05. The van der Waals surface area contributed by atoms with E-state index >= 15 is 0 Å². The van der Waals surface area contributed by atoms with E-state index in [2.05, 4.69) is 10.3 Å². The summed E-state index contributed by atoms with van der Waals surface area (Å²) in [6.45, 7) is 2.18. The van der Waals surface area contributed by atoms with Crippen LogP contribution >= 0.6 is 0 Å². The van der Waals surface area contributed by atoms with Crippen molar-refractivity contribution in [3.05, 3.63) is 17.3 Å². The molecule has 0 aliphatic carbocycles. The molecule has 1 aromatic rings. The maximum atomic E-state index is 12.5. The quantitative estimate of drug-likeness (QED) is 0.802. The molecule has 1 N–H and O–H groups in total. The van der Waals surface area contributed by atoms with E-state index in [0.29, 0.717) is 11.5 Å². The molecule has 1 rings (SSSR count). The van der Waals surface area contributed by atoms with E-state index < -0.39 is 18.9 Å². The zero-order chi connectivity index (χ0) is 12.3. The minimum Gasteiger partial charge on any atom is -0.444 e. The molecule has 0 unspecified atom stereocenters. The van der Waals surface area contributed by atoms with Crippen molar-refractivity contribution in [3.63, 3.8) is 0 Å². The second-order valence-electron chi connectivity index (χ2n) is 3.41. The van der Waals surface area contributed by atoms with Gasteiger partial charge in [-0.3, -0.25) is 0 Å².